The molecule has 0 saturated heterocycles. The van der Waals surface area contributed by atoms with Crippen LogP contribution in [0.15, 0.2) is 145 Å². The van der Waals surface area contributed by atoms with Gasteiger partial charge in [-0.15, -0.1) is 18.2 Å². The number of hydrogen-bond acceptors (Lipinski definition) is 3. The van der Waals surface area contributed by atoms with Crippen LogP contribution >= 0.6 is 0 Å². The van der Waals surface area contributed by atoms with E-state index in [9.17, 15) is 0 Å². The molecule has 234 valence electrons. The average molecular weight is 653 g/mol. The van der Waals surface area contributed by atoms with E-state index in [0.717, 1.165) is 55.7 Å². The zero-order valence-corrected chi connectivity index (χ0v) is 27.9. The minimum Gasteiger partial charge on any atom is -0.582 e. The number of fused-ring (bicyclic) bond motifs is 8. The van der Waals surface area contributed by atoms with Gasteiger partial charge in [0, 0.05) is 17.1 Å². The smallest absolute Gasteiger partial charge is 0.582 e. The Kier molecular flexibility index (Phi) is 6.91. The summed E-state index contributed by atoms with van der Waals surface area (Å²) in [6.07, 6.45) is 18.6. The maximum absolute atomic E-state index is 6.91. The first-order valence-corrected chi connectivity index (χ1v) is 17.6. The molecular formula is C42H31AlN3O3+. The fraction of sp³-hybridized carbons (Fsp3) is 0.0238. The standard InChI is InChI=1S/3C14H11NO.Al/c3*1-15-9-10-5-2-3-6-11(10)12-7-4-8-13(16)14(12)15;/h2*2-9,16H,1H2;2-9,11H,1H2;/q;;;+3/p-2. The Morgan fingerprint density at radius 3 is 2.39 bits per heavy atom. The SMILES string of the molecule is C=[N+]1C=C2C=CC=CC2c2cccc([O][Al]([O]C3=CC=CC4=c5ccccc5=C[N+](=C)[C-]34)[O]c3cccc4c3[N+](=C)[CH-]c3ccccc3-4)c21. The van der Waals surface area contributed by atoms with Crippen molar-refractivity contribution in [1.82, 2.24) is 0 Å². The topological polar surface area (TPSA) is 36.7 Å². The largest absolute Gasteiger partial charge is 1.20 e. The number of nitrogens with zero attached hydrogens (tertiary/aromatic N) is 3. The van der Waals surface area contributed by atoms with Crippen LogP contribution in [0.1, 0.15) is 17.0 Å². The van der Waals surface area contributed by atoms with E-state index in [1.165, 1.54) is 5.57 Å². The Labute approximate surface area is 290 Å². The maximum atomic E-state index is 6.91. The Morgan fingerprint density at radius 2 is 1.49 bits per heavy atom. The van der Waals surface area contributed by atoms with E-state index in [4.69, 9.17) is 11.4 Å². The molecule has 7 heteroatoms. The first-order chi connectivity index (χ1) is 24.0. The second kappa shape index (κ2) is 11.6. The molecule has 3 aliphatic heterocycles. The molecule has 0 bridgehead atoms. The van der Waals surface area contributed by atoms with Crippen LogP contribution in [-0.2, 0) is 3.79 Å². The summed E-state index contributed by atoms with van der Waals surface area (Å²) in [7, 11) is 0. The van der Waals surface area contributed by atoms with E-state index in [1.807, 2.05) is 87.2 Å². The molecule has 0 aromatic heterocycles. The monoisotopic (exact) mass is 652 g/mol. The van der Waals surface area contributed by atoms with Crippen molar-refractivity contribution in [2.45, 2.75) is 5.92 Å². The van der Waals surface area contributed by atoms with E-state index in [0.29, 0.717) is 17.3 Å². The van der Waals surface area contributed by atoms with Crippen LogP contribution in [0.25, 0.3) is 22.9 Å². The molecule has 2 aliphatic carbocycles. The number of para-hydroxylation sites is 2. The summed E-state index contributed by atoms with van der Waals surface area (Å²) in [6.45, 7) is 15.1. The summed E-state index contributed by atoms with van der Waals surface area (Å²) in [5, 5.41) is 2.21. The van der Waals surface area contributed by atoms with Gasteiger partial charge in [0.1, 0.15) is 25.2 Å². The summed E-state index contributed by atoms with van der Waals surface area (Å²) in [5.41, 5.74) is 8.28. The fourth-order valence-electron chi connectivity index (χ4n) is 7.22. The van der Waals surface area contributed by atoms with Crippen LogP contribution in [-0.4, -0.2) is 49.0 Å². The van der Waals surface area contributed by atoms with Crippen LogP contribution in [0.5, 0.6) is 11.5 Å². The van der Waals surface area contributed by atoms with Crippen molar-refractivity contribution in [3.8, 4) is 22.6 Å². The minimum atomic E-state index is -3.10. The normalized spacial score (nSPS) is 17.6. The zero-order chi connectivity index (χ0) is 33.1. The van der Waals surface area contributed by atoms with Crippen molar-refractivity contribution in [2.24, 2.45) is 0 Å². The molecule has 4 aromatic carbocycles. The van der Waals surface area contributed by atoms with Crippen LogP contribution in [0, 0.1) is 12.6 Å². The highest BCUT2D eigenvalue weighted by atomic mass is 27.3. The van der Waals surface area contributed by atoms with Crippen LogP contribution in [0.3, 0.4) is 0 Å². The molecule has 0 saturated carbocycles. The van der Waals surface area contributed by atoms with E-state index in [1.54, 1.807) is 0 Å². The van der Waals surface area contributed by atoms with Crippen LogP contribution in [0.4, 0.5) is 11.4 Å². The third-order valence-corrected chi connectivity index (χ3v) is 10.7. The summed E-state index contributed by atoms with van der Waals surface area (Å²) < 4.78 is 26.3. The maximum Gasteiger partial charge on any atom is 1.20 e. The van der Waals surface area contributed by atoms with Crippen molar-refractivity contribution in [3.63, 3.8) is 0 Å². The lowest BCUT2D eigenvalue weighted by Gasteiger charge is -2.30. The minimum absolute atomic E-state index is 0.108. The van der Waals surface area contributed by atoms with Gasteiger partial charge >= 0.3 is 15.1 Å². The number of rotatable bonds is 6. The third-order valence-electron chi connectivity index (χ3n) is 9.35. The molecule has 49 heavy (non-hydrogen) atoms. The highest BCUT2D eigenvalue weighted by Crippen LogP contribution is 2.46. The lowest BCUT2D eigenvalue weighted by atomic mass is 9.85. The molecule has 5 aliphatic rings. The van der Waals surface area contributed by atoms with Gasteiger partial charge < -0.3 is 11.4 Å². The second-order valence-electron chi connectivity index (χ2n) is 12.3. The van der Waals surface area contributed by atoms with Crippen molar-refractivity contribution in [1.29, 1.82) is 0 Å². The van der Waals surface area contributed by atoms with E-state index < -0.39 is 15.1 Å². The molecule has 4 aromatic rings. The van der Waals surface area contributed by atoms with Crippen LogP contribution < -0.4 is 18.0 Å². The number of benzene rings is 4. The average Bonchev–Trinajstić information content (AvgIpc) is 3.12. The Bertz CT molecular complexity index is 2430. The summed E-state index contributed by atoms with van der Waals surface area (Å²) >= 11 is -3.10. The second-order valence-corrected chi connectivity index (χ2v) is 13.6. The van der Waals surface area contributed by atoms with E-state index in [2.05, 4.69) is 93.1 Å². The van der Waals surface area contributed by atoms with Gasteiger partial charge in [0.2, 0.25) is 0 Å². The molecule has 0 fully saturated rings. The lowest BCUT2D eigenvalue weighted by Crippen LogP contribution is -2.40. The molecule has 0 radical (unpaired) electrons. The summed E-state index contributed by atoms with van der Waals surface area (Å²) in [6, 6.07) is 29.6. The van der Waals surface area contributed by atoms with E-state index >= 15 is 0 Å². The highest BCUT2D eigenvalue weighted by Gasteiger charge is 2.49. The van der Waals surface area contributed by atoms with Gasteiger partial charge in [0.15, 0.2) is 23.7 Å². The summed E-state index contributed by atoms with van der Waals surface area (Å²) in [4.78, 5) is 0. The lowest BCUT2D eigenvalue weighted by molar-refractivity contribution is -0.382. The molecule has 1 unspecified atom stereocenters. The molecule has 9 rings (SSSR count). The quantitative estimate of drug-likeness (QED) is 0.137. The Hall–Kier alpha value is -6.00. The van der Waals surface area contributed by atoms with Crippen molar-refractivity contribution in [3.05, 3.63) is 179 Å². The molecule has 0 amide bonds. The van der Waals surface area contributed by atoms with Gasteiger partial charge in [-0.3, -0.25) is 9.15 Å². The third kappa shape index (κ3) is 4.91. The first kappa shape index (κ1) is 29.2. The van der Waals surface area contributed by atoms with Crippen molar-refractivity contribution in [2.75, 3.05) is 0 Å². The van der Waals surface area contributed by atoms with Gasteiger partial charge in [-0.05, 0) is 28.5 Å². The molecule has 1 atom stereocenters. The zero-order valence-electron chi connectivity index (χ0n) is 26.7. The molecular weight excluding hydrogens is 621 g/mol. The van der Waals surface area contributed by atoms with Gasteiger partial charge in [0.25, 0.3) is 5.69 Å². The van der Waals surface area contributed by atoms with Gasteiger partial charge in [0.05, 0.1) is 19.2 Å². The molecule has 3 heterocycles. The van der Waals surface area contributed by atoms with Crippen molar-refractivity contribution < 1.29 is 25.1 Å². The summed E-state index contributed by atoms with van der Waals surface area (Å²) in [5.74, 6) is 2.00. The van der Waals surface area contributed by atoms with Crippen LogP contribution in [0.2, 0.25) is 0 Å². The molecule has 6 nitrogen and oxygen atoms in total. The predicted octanol–water partition coefficient (Wildman–Crippen LogP) is 6.43. The Morgan fingerprint density at radius 1 is 0.714 bits per heavy atom. The van der Waals surface area contributed by atoms with Crippen molar-refractivity contribution >= 4 is 58.4 Å². The predicted molar refractivity (Wildman–Crippen MR) is 194 cm³/mol. The molecule has 0 N–H and O–H groups in total. The van der Waals surface area contributed by atoms with Gasteiger partial charge in [-0.2, -0.15) is 4.58 Å². The first-order valence-electron chi connectivity index (χ1n) is 16.2. The number of hydrogen-bond donors (Lipinski definition) is 0. The highest BCUT2D eigenvalue weighted by molar-refractivity contribution is 6.39. The van der Waals surface area contributed by atoms with Gasteiger partial charge in [-0.25, -0.2) is 0 Å². The number of allylic oxidation sites excluding steroid dienone is 7. The fourth-order valence-corrected chi connectivity index (χ4v) is 8.56. The Balaban J connectivity index is 1.14. The van der Waals surface area contributed by atoms with E-state index in [-0.39, 0.29) is 5.92 Å². The van der Waals surface area contributed by atoms with Gasteiger partial charge in [-0.1, -0.05) is 113 Å². The molecule has 0 spiro atoms.